The molecule has 70 valence electrons. The molecule has 0 aromatic rings. The second-order valence-corrected chi connectivity index (χ2v) is 3.95. The standard InChI is InChI=1S/C12H16S/c1-6-8-11(5)12(13-7-2)9-10(3)4/h9H,3,5,7H2,1-2,4H3/b12-9+. The highest BCUT2D eigenvalue weighted by atomic mass is 32.2. The lowest BCUT2D eigenvalue weighted by atomic mass is 10.2. The van der Waals surface area contributed by atoms with Gasteiger partial charge >= 0.3 is 0 Å². The Balaban J connectivity index is 4.66. The molecule has 1 heteroatoms. The summed E-state index contributed by atoms with van der Waals surface area (Å²) in [5.41, 5.74) is 1.92. The van der Waals surface area contributed by atoms with Crippen molar-refractivity contribution >= 4 is 11.8 Å². The third-order valence-electron chi connectivity index (χ3n) is 1.25. The first-order valence-electron chi connectivity index (χ1n) is 4.23. The zero-order valence-electron chi connectivity index (χ0n) is 8.61. The Bertz CT molecular complexity index is 284. The van der Waals surface area contributed by atoms with Crippen molar-refractivity contribution in [2.45, 2.75) is 20.8 Å². The fourth-order valence-corrected chi connectivity index (χ4v) is 1.63. The van der Waals surface area contributed by atoms with E-state index < -0.39 is 0 Å². The largest absolute Gasteiger partial charge is 0.125 e. The van der Waals surface area contributed by atoms with Gasteiger partial charge in [-0.3, -0.25) is 0 Å². The van der Waals surface area contributed by atoms with Crippen molar-refractivity contribution in [2.75, 3.05) is 5.75 Å². The molecule has 0 bridgehead atoms. The van der Waals surface area contributed by atoms with Crippen molar-refractivity contribution in [2.24, 2.45) is 0 Å². The molecule has 0 unspecified atom stereocenters. The van der Waals surface area contributed by atoms with Crippen molar-refractivity contribution in [1.82, 2.24) is 0 Å². The van der Waals surface area contributed by atoms with Gasteiger partial charge in [0.05, 0.1) is 0 Å². The fourth-order valence-electron chi connectivity index (χ4n) is 0.808. The first-order valence-corrected chi connectivity index (χ1v) is 5.22. The Hall–Kier alpha value is -0.870. The zero-order valence-corrected chi connectivity index (χ0v) is 9.42. The summed E-state index contributed by atoms with van der Waals surface area (Å²) in [5, 5.41) is 0. The Morgan fingerprint density at radius 3 is 2.46 bits per heavy atom. The molecule has 0 fully saturated rings. The van der Waals surface area contributed by atoms with E-state index in [9.17, 15) is 0 Å². The maximum atomic E-state index is 3.91. The molecule has 0 aliphatic rings. The molecule has 0 saturated carbocycles. The third-order valence-corrected chi connectivity index (χ3v) is 2.21. The van der Waals surface area contributed by atoms with Crippen LogP contribution >= 0.6 is 11.8 Å². The molecule has 0 aliphatic carbocycles. The second-order valence-electron chi connectivity index (χ2n) is 2.64. The lowest BCUT2D eigenvalue weighted by Gasteiger charge is -2.03. The number of allylic oxidation sites excluding steroid dienone is 3. The van der Waals surface area contributed by atoms with Crippen molar-refractivity contribution in [3.8, 4) is 11.8 Å². The summed E-state index contributed by atoms with van der Waals surface area (Å²) in [5.74, 6) is 6.84. The van der Waals surface area contributed by atoms with Gasteiger partial charge in [0.25, 0.3) is 0 Å². The fraction of sp³-hybridized carbons (Fsp3) is 0.333. The van der Waals surface area contributed by atoms with E-state index in [1.54, 1.807) is 11.8 Å². The summed E-state index contributed by atoms with van der Waals surface area (Å²) < 4.78 is 0. The molecular formula is C12H16S. The van der Waals surface area contributed by atoms with E-state index >= 15 is 0 Å². The van der Waals surface area contributed by atoms with Crippen molar-refractivity contribution in [3.63, 3.8) is 0 Å². The SMILES string of the molecule is C=C(C)/C=C(/SCC)C(=C)C#CC. The quantitative estimate of drug-likeness (QED) is 0.482. The Morgan fingerprint density at radius 1 is 1.46 bits per heavy atom. The smallest absolute Gasteiger partial charge is 0.0309 e. The van der Waals surface area contributed by atoms with Crippen LogP contribution in [0.25, 0.3) is 0 Å². The van der Waals surface area contributed by atoms with Crippen LogP contribution in [0, 0.1) is 11.8 Å². The van der Waals surface area contributed by atoms with E-state index in [4.69, 9.17) is 0 Å². The van der Waals surface area contributed by atoms with Gasteiger partial charge in [-0.25, -0.2) is 0 Å². The Labute approximate surface area is 85.8 Å². The summed E-state index contributed by atoms with van der Waals surface area (Å²) >= 11 is 1.75. The van der Waals surface area contributed by atoms with E-state index in [1.807, 2.05) is 19.9 Å². The highest BCUT2D eigenvalue weighted by Gasteiger charge is 1.99. The van der Waals surface area contributed by atoms with Crippen molar-refractivity contribution in [3.05, 3.63) is 35.3 Å². The second kappa shape index (κ2) is 6.62. The average molecular weight is 192 g/mol. The zero-order chi connectivity index (χ0) is 10.3. The lowest BCUT2D eigenvalue weighted by Crippen LogP contribution is -1.82. The molecule has 0 N–H and O–H groups in total. The molecule has 0 aromatic carbocycles. The molecule has 0 aromatic heterocycles. The van der Waals surface area contributed by atoms with Crippen LogP contribution in [-0.4, -0.2) is 5.75 Å². The summed E-state index contributed by atoms with van der Waals surface area (Å²) in [6, 6.07) is 0. The molecule has 0 spiro atoms. The topological polar surface area (TPSA) is 0 Å². The van der Waals surface area contributed by atoms with Crippen LogP contribution in [0.1, 0.15) is 20.8 Å². The molecule has 0 aliphatic heterocycles. The number of thioether (sulfide) groups is 1. The minimum Gasteiger partial charge on any atom is -0.125 e. The van der Waals surface area contributed by atoms with Crippen LogP contribution in [-0.2, 0) is 0 Å². The van der Waals surface area contributed by atoms with Crippen molar-refractivity contribution < 1.29 is 0 Å². The molecule has 0 radical (unpaired) electrons. The number of rotatable bonds is 4. The average Bonchev–Trinajstić information content (AvgIpc) is 2.03. The maximum absolute atomic E-state index is 3.91. The molecule has 0 saturated heterocycles. The van der Waals surface area contributed by atoms with E-state index in [0.717, 1.165) is 21.8 Å². The first kappa shape index (κ1) is 12.1. The van der Waals surface area contributed by atoms with E-state index in [-0.39, 0.29) is 0 Å². The van der Waals surface area contributed by atoms with E-state index in [1.165, 1.54) is 0 Å². The van der Waals surface area contributed by atoms with Crippen molar-refractivity contribution in [1.29, 1.82) is 0 Å². The van der Waals surface area contributed by atoms with Crippen LogP contribution < -0.4 is 0 Å². The highest BCUT2D eigenvalue weighted by Crippen LogP contribution is 2.23. The third kappa shape index (κ3) is 5.38. The van der Waals surface area contributed by atoms with Gasteiger partial charge in [0.15, 0.2) is 0 Å². The predicted molar refractivity (Wildman–Crippen MR) is 63.6 cm³/mol. The van der Waals surface area contributed by atoms with Gasteiger partial charge in [-0.1, -0.05) is 31.6 Å². The summed E-state index contributed by atoms with van der Waals surface area (Å²) in [6.45, 7) is 13.7. The van der Waals surface area contributed by atoms with Crippen LogP contribution in [0.5, 0.6) is 0 Å². The van der Waals surface area contributed by atoms with Gasteiger partial charge in [-0.15, -0.1) is 17.7 Å². The summed E-state index contributed by atoms with van der Waals surface area (Å²) in [6.07, 6.45) is 2.03. The van der Waals surface area contributed by atoms with Gasteiger partial charge in [0.2, 0.25) is 0 Å². The van der Waals surface area contributed by atoms with Crippen LogP contribution in [0.4, 0.5) is 0 Å². The van der Waals surface area contributed by atoms with Crippen LogP contribution in [0.2, 0.25) is 0 Å². The molecule has 0 heterocycles. The minimum atomic E-state index is 0.886. The van der Waals surface area contributed by atoms with E-state index in [2.05, 4.69) is 31.9 Å². The molecule has 13 heavy (non-hydrogen) atoms. The molecule has 0 amide bonds. The normalized spacial score (nSPS) is 10.2. The molecule has 0 rings (SSSR count). The lowest BCUT2D eigenvalue weighted by molar-refractivity contribution is 1.51. The predicted octanol–water partition coefficient (Wildman–Crippen LogP) is 3.78. The highest BCUT2D eigenvalue weighted by molar-refractivity contribution is 8.03. The van der Waals surface area contributed by atoms with Gasteiger partial charge in [-0.05, 0) is 25.7 Å². The van der Waals surface area contributed by atoms with Gasteiger partial charge in [-0.2, -0.15) is 0 Å². The van der Waals surface area contributed by atoms with Gasteiger partial charge < -0.3 is 0 Å². The Morgan fingerprint density at radius 2 is 2.08 bits per heavy atom. The van der Waals surface area contributed by atoms with Gasteiger partial charge in [0.1, 0.15) is 0 Å². The van der Waals surface area contributed by atoms with E-state index in [0.29, 0.717) is 0 Å². The molecule has 0 atom stereocenters. The van der Waals surface area contributed by atoms with Gasteiger partial charge in [0, 0.05) is 10.5 Å². The Kier molecular flexibility index (Phi) is 6.18. The maximum Gasteiger partial charge on any atom is 0.0309 e. The molecular weight excluding hydrogens is 176 g/mol. The summed E-state index contributed by atoms with van der Waals surface area (Å²) in [7, 11) is 0. The van der Waals surface area contributed by atoms with Crippen LogP contribution in [0.15, 0.2) is 35.3 Å². The molecule has 0 nitrogen and oxygen atoms in total. The van der Waals surface area contributed by atoms with Crippen LogP contribution in [0.3, 0.4) is 0 Å². The first-order chi connectivity index (χ1) is 6.11. The summed E-state index contributed by atoms with van der Waals surface area (Å²) in [4.78, 5) is 1.13. The number of hydrogen-bond acceptors (Lipinski definition) is 1. The minimum absolute atomic E-state index is 0.886. The monoisotopic (exact) mass is 192 g/mol. The number of hydrogen-bond donors (Lipinski definition) is 0.